The minimum Gasteiger partial charge on any atom is -0.396 e. The second-order valence-electron chi connectivity index (χ2n) is 6.96. The summed E-state index contributed by atoms with van der Waals surface area (Å²) >= 11 is 2.00. The maximum atomic E-state index is 5.48. The van der Waals surface area contributed by atoms with E-state index in [1.165, 1.54) is 0 Å². The van der Waals surface area contributed by atoms with Crippen LogP contribution in [-0.2, 0) is 14.5 Å². The van der Waals surface area contributed by atoms with Crippen LogP contribution in [0, 0.1) is 11.8 Å². The molecule has 0 bridgehead atoms. The Hall–Kier alpha value is -1.24. The van der Waals surface area contributed by atoms with E-state index in [9.17, 15) is 0 Å². The quantitative estimate of drug-likeness (QED) is 0.294. The maximum Gasteiger partial charge on any atom is 0.114 e. The summed E-state index contributed by atoms with van der Waals surface area (Å²) in [6.45, 7) is 14.2. The Morgan fingerprint density at radius 2 is 1.54 bits per heavy atom. The normalized spacial score (nSPS) is 24.4. The molecule has 1 atom stereocenters. The molecular formula is C21H39N3O3S. The summed E-state index contributed by atoms with van der Waals surface area (Å²) in [7, 11) is 0. The average Bonchev–Trinajstić information content (AvgIpc) is 2.68. The Morgan fingerprint density at radius 3 is 2.00 bits per heavy atom. The molecular weight excluding hydrogens is 374 g/mol. The fourth-order valence-corrected chi connectivity index (χ4v) is 4.56. The maximum absolute atomic E-state index is 5.48. The van der Waals surface area contributed by atoms with Crippen molar-refractivity contribution < 1.29 is 14.5 Å². The van der Waals surface area contributed by atoms with Crippen molar-refractivity contribution in [2.45, 2.75) is 78.9 Å². The van der Waals surface area contributed by atoms with E-state index in [0.29, 0.717) is 31.0 Å². The number of hydrogen-bond donors (Lipinski definition) is 0. The SMILES string of the molecule is CCC/C(=N\OCC)C1/C(=N/OCC)CC(CC(C)SCC)C/C1=N\OCC. The monoisotopic (exact) mass is 413 g/mol. The van der Waals surface area contributed by atoms with Crippen LogP contribution in [0.1, 0.15) is 73.6 Å². The van der Waals surface area contributed by atoms with Crippen LogP contribution in [0.5, 0.6) is 0 Å². The molecule has 28 heavy (non-hydrogen) atoms. The zero-order valence-corrected chi connectivity index (χ0v) is 19.4. The highest BCUT2D eigenvalue weighted by Gasteiger charge is 2.37. The topological polar surface area (TPSA) is 64.8 Å². The standard InChI is InChI=1S/C21H39N3O3S/c1-7-12-18(22-25-8-2)21-19(23-26-9-3)14-17(13-16(6)28-11-5)15-20(21)24-27-10-4/h16-17,21H,7-15H2,1-6H3/b22-18+,23-19+,24-20+. The summed E-state index contributed by atoms with van der Waals surface area (Å²) in [4.78, 5) is 16.4. The molecule has 0 spiro atoms. The Labute approximate surface area is 175 Å². The van der Waals surface area contributed by atoms with E-state index in [2.05, 4.69) is 36.2 Å². The molecule has 1 aliphatic rings. The van der Waals surface area contributed by atoms with Crippen molar-refractivity contribution in [3.63, 3.8) is 0 Å². The minimum absolute atomic E-state index is 0.0880. The Morgan fingerprint density at radius 1 is 0.964 bits per heavy atom. The Balaban J connectivity index is 3.22. The average molecular weight is 414 g/mol. The molecule has 1 unspecified atom stereocenters. The molecule has 0 radical (unpaired) electrons. The van der Waals surface area contributed by atoms with Crippen LogP contribution in [0.3, 0.4) is 0 Å². The van der Waals surface area contributed by atoms with Gasteiger partial charge in [0.1, 0.15) is 19.8 Å². The molecule has 7 heteroatoms. The molecule has 0 aromatic carbocycles. The van der Waals surface area contributed by atoms with Gasteiger partial charge in [-0.2, -0.15) is 11.8 Å². The first-order chi connectivity index (χ1) is 13.6. The molecule has 0 amide bonds. The molecule has 1 rings (SSSR count). The van der Waals surface area contributed by atoms with Gasteiger partial charge in [-0.15, -0.1) is 0 Å². The van der Waals surface area contributed by atoms with E-state index in [1.807, 2.05) is 32.5 Å². The van der Waals surface area contributed by atoms with Crippen LogP contribution < -0.4 is 0 Å². The Bertz CT molecular complexity index is 497. The first kappa shape index (κ1) is 24.8. The van der Waals surface area contributed by atoms with Gasteiger partial charge in [-0.1, -0.05) is 42.7 Å². The predicted octanol–water partition coefficient (Wildman–Crippen LogP) is 5.52. The molecule has 0 aliphatic heterocycles. The van der Waals surface area contributed by atoms with Crippen molar-refractivity contribution >= 4 is 28.9 Å². The van der Waals surface area contributed by atoms with Crippen molar-refractivity contribution in [3.05, 3.63) is 0 Å². The van der Waals surface area contributed by atoms with Crippen LogP contribution in [0.2, 0.25) is 0 Å². The number of rotatable bonds is 13. The molecule has 0 aromatic heterocycles. The molecule has 0 N–H and O–H groups in total. The summed E-state index contributed by atoms with van der Waals surface area (Å²) in [5.74, 6) is 1.53. The van der Waals surface area contributed by atoms with Crippen LogP contribution in [0.15, 0.2) is 15.5 Å². The third kappa shape index (κ3) is 8.41. The third-order valence-corrected chi connectivity index (χ3v) is 5.65. The lowest BCUT2D eigenvalue weighted by molar-refractivity contribution is 0.150. The summed E-state index contributed by atoms with van der Waals surface area (Å²) in [6, 6.07) is 0. The van der Waals surface area contributed by atoms with Crippen molar-refractivity contribution in [1.82, 2.24) is 0 Å². The highest BCUT2D eigenvalue weighted by molar-refractivity contribution is 7.99. The summed E-state index contributed by atoms with van der Waals surface area (Å²) in [5, 5.41) is 14.0. The van der Waals surface area contributed by atoms with E-state index >= 15 is 0 Å². The van der Waals surface area contributed by atoms with E-state index < -0.39 is 0 Å². The molecule has 0 heterocycles. The molecule has 162 valence electrons. The molecule has 0 saturated heterocycles. The lowest BCUT2D eigenvalue weighted by atomic mass is 9.74. The predicted molar refractivity (Wildman–Crippen MR) is 121 cm³/mol. The first-order valence-electron chi connectivity index (χ1n) is 10.8. The highest BCUT2D eigenvalue weighted by atomic mass is 32.2. The third-order valence-electron chi connectivity index (χ3n) is 4.55. The second kappa shape index (κ2) is 14.7. The lowest BCUT2D eigenvalue weighted by Crippen LogP contribution is -2.40. The van der Waals surface area contributed by atoms with Crippen molar-refractivity contribution in [3.8, 4) is 0 Å². The fourth-order valence-electron chi connectivity index (χ4n) is 3.59. The lowest BCUT2D eigenvalue weighted by Gasteiger charge is -2.32. The molecule has 1 saturated carbocycles. The Kier molecular flexibility index (Phi) is 13.0. The van der Waals surface area contributed by atoms with Gasteiger partial charge in [0.25, 0.3) is 0 Å². The largest absolute Gasteiger partial charge is 0.396 e. The van der Waals surface area contributed by atoms with Crippen LogP contribution in [-0.4, -0.2) is 48.0 Å². The number of nitrogens with zero attached hydrogens (tertiary/aromatic N) is 3. The van der Waals surface area contributed by atoms with Gasteiger partial charge in [0.15, 0.2) is 0 Å². The molecule has 1 aliphatic carbocycles. The summed E-state index contributed by atoms with van der Waals surface area (Å²) < 4.78 is 0. The summed E-state index contributed by atoms with van der Waals surface area (Å²) in [6.07, 6.45) is 4.76. The fraction of sp³-hybridized carbons (Fsp3) is 0.857. The smallest absolute Gasteiger partial charge is 0.114 e. The summed E-state index contributed by atoms with van der Waals surface area (Å²) in [5.41, 5.74) is 2.96. The highest BCUT2D eigenvalue weighted by Crippen LogP contribution is 2.33. The number of thioether (sulfide) groups is 1. The first-order valence-corrected chi connectivity index (χ1v) is 11.8. The van der Waals surface area contributed by atoms with Crippen LogP contribution >= 0.6 is 11.8 Å². The number of oxime groups is 3. The van der Waals surface area contributed by atoms with Gasteiger partial charge >= 0.3 is 0 Å². The van der Waals surface area contributed by atoms with Gasteiger partial charge in [0.2, 0.25) is 0 Å². The van der Waals surface area contributed by atoms with Crippen molar-refractivity contribution in [1.29, 1.82) is 0 Å². The second-order valence-corrected chi connectivity index (χ2v) is 8.68. The van der Waals surface area contributed by atoms with E-state index in [1.54, 1.807) is 0 Å². The van der Waals surface area contributed by atoms with E-state index in [4.69, 9.17) is 14.5 Å². The molecule has 6 nitrogen and oxygen atoms in total. The minimum atomic E-state index is -0.0880. The van der Waals surface area contributed by atoms with Gasteiger partial charge in [0.05, 0.1) is 23.1 Å². The van der Waals surface area contributed by atoms with Crippen molar-refractivity contribution in [2.24, 2.45) is 27.3 Å². The van der Waals surface area contributed by atoms with Gasteiger partial charge in [-0.3, -0.25) is 0 Å². The molecule has 0 aromatic rings. The molecule has 1 fully saturated rings. The number of hydrogen-bond acceptors (Lipinski definition) is 7. The van der Waals surface area contributed by atoms with Gasteiger partial charge in [-0.05, 0) is 58.1 Å². The zero-order valence-electron chi connectivity index (χ0n) is 18.6. The van der Waals surface area contributed by atoms with Gasteiger partial charge < -0.3 is 14.5 Å². The van der Waals surface area contributed by atoms with Crippen LogP contribution in [0.25, 0.3) is 0 Å². The van der Waals surface area contributed by atoms with E-state index in [0.717, 1.165) is 55.0 Å². The zero-order chi connectivity index (χ0) is 20.8. The van der Waals surface area contributed by atoms with Crippen LogP contribution in [0.4, 0.5) is 0 Å². The van der Waals surface area contributed by atoms with Gasteiger partial charge in [0, 0.05) is 5.25 Å². The van der Waals surface area contributed by atoms with Crippen molar-refractivity contribution in [2.75, 3.05) is 25.6 Å². The van der Waals surface area contributed by atoms with Gasteiger partial charge in [-0.25, -0.2) is 0 Å². The van der Waals surface area contributed by atoms with E-state index in [-0.39, 0.29) is 5.92 Å².